The molecular weight excluding hydrogens is 313 g/mol. The molecule has 1 aliphatic heterocycles. The van der Waals surface area contributed by atoms with Crippen LogP contribution >= 0.6 is 11.8 Å². The maximum Gasteiger partial charge on any atom is 0.154 e. The molecule has 0 saturated carbocycles. The second-order valence-electron chi connectivity index (χ2n) is 5.58. The highest BCUT2D eigenvalue weighted by molar-refractivity contribution is 8.13. The van der Waals surface area contributed by atoms with E-state index in [2.05, 4.69) is 15.3 Å². The molecule has 0 amide bonds. The number of benzene rings is 1. The molecule has 0 fully saturated rings. The monoisotopic (exact) mass is 331 g/mol. The molecule has 0 radical (unpaired) electrons. The molecule has 120 valence electrons. The molecule has 3 rings (SSSR count). The third-order valence-electron chi connectivity index (χ3n) is 3.84. The second-order valence-corrected chi connectivity index (χ2v) is 6.70. The first kappa shape index (κ1) is 15.6. The highest BCUT2D eigenvalue weighted by Crippen LogP contribution is 2.37. The van der Waals surface area contributed by atoms with E-state index in [4.69, 9.17) is 11.5 Å². The molecule has 1 atom stereocenters. The van der Waals surface area contributed by atoms with Crippen LogP contribution in [-0.4, -0.2) is 15.9 Å². The van der Waals surface area contributed by atoms with Crippen molar-refractivity contribution >= 4 is 34.1 Å². The van der Waals surface area contributed by atoms with E-state index >= 15 is 0 Å². The number of halogens is 1. The van der Waals surface area contributed by atoms with Gasteiger partial charge in [-0.3, -0.25) is 4.99 Å². The summed E-state index contributed by atoms with van der Waals surface area (Å²) in [7, 11) is 0. The maximum atomic E-state index is 14.4. The Morgan fingerprint density at radius 2 is 2.13 bits per heavy atom. The van der Waals surface area contributed by atoms with Gasteiger partial charge in [-0.1, -0.05) is 11.8 Å². The molecule has 5 nitrogen and oxygen atoms in total. The summed E-state index contributed by atoms with van der Waals surface area (Å²) >= 11 is 1.49. The molecule has 1 aromatic heterocycles. The lowest BCUT2D eigenvalue weighted by Gasteiger charge is -2.30. The van der Waals surface area contributed by atoms with E-state index in [1.165, 1.54) is 17.8 Å². The Balaban J connectivity index is 1.97. The number of thioether (sulfide) groups is 1. The molecule has 0 saturated heterocycles. The van der Waals surface area contributed by atoms with Crippen molar-refractivity contribution in [3.8, 4) is 0 Å². The van der Waals surface area contributed by atoms with E-state index in [0.717, 1.165) is 12.2 Å². The maximum absolute atomic E-state index is 14.4. The fourth-order valence-corrected chi connectivity index (χ4v) is 3.53. The third kappa shape index (κ3) is 3.24. The minimum atomic E-state index is -0.660. The number of pyridine rings is 1. The van der Waals surface area contributed by atoms with E-state index < -0.39 is 5.54 Å². The van der Waals surface area contributed by atoms with Gasteiger partial charge in [0.2, 0.25) is 0 Å². The summed E-state index contributed by atoms with van der Waals surface area (Å²) in [6.45, 7) is 1.90. The van der Waals surface area contributed by atoms with Crippen LogP contribution in [0.15, 0.2) is 41.5 Å². The Kier molecular flexibility index (Phi) is 4.12. The summed E-state index contributed by atoms with van der Waals surface area (Å²) in [6, 6.07) is 8.34. The SMILES string of the molecule is C[C@@]1(c2cc(Nc3ncccc3N)ccc2F)CCSC(N)=N1. The van der Waals surface area contributed by atoms with Crippen molar-refractivity contribution in [1.82, 2.24) is 4.98 Å². The van der Waals surface area contributed by atoms with E-state index in [0.29, 0.717) is 27.9 Å². The van der Waals surface area contributed by atoms with Gasteiger partial charge in [0.1, 0.15) is 5.82 Å². The fourth-order valence-electron chi connectivity index (χ4n) is 2.56. The van der Waals surface area contributed by atoms with Crippen molar-refractivity contribution in [2.75, 3.05) is 16.8 Å². The number of nitrogens with two attached hydrogens (primary N) is 2. The summed E-state index contributed by atoms with van der Waals surface area (Å²) in [5.74, 6) is 1.06. The Hall–Kier alpha value is -2.28. The topological polar surface area (TPSA) is 89.3 Å². The number of rotatable bonds is 3. The first-order valence-corrected chi connectivity index (χ1v) is 8.22. The van der Waals surface area contributed by atoms with Gasteiger partial charge < -0.3 is 16.8 Å². The molecule has 0 bridgehead atoms. The quantitative estimate of drug-likeness (QED) is 0.803. The molecule has 7 heteroatoms. The van der Waals surface area contributed by atoms with E-state index in [9.17, 15) is 4.39 Å². The van der Waals surface area contributed by atoms with Crippen molar-refractivity contribution in [2.24, 2.45) is 10.7 Å². The number of hydrogen-bond donors (Lipinski definition) is 3. The predicted octanol–water partition coefficient (Wildman–Crippen LogP) is 3.21. The van der Waals surface area contributed by atoms with E-state index in [-0.39, 0.29) is 5.82 Å². The Labute approximate surface area is 138 Å². The number of aliphatic imine (C=N–C) groups is 1. The number of hydrogen-bond acceptors (Lipinski definition) is 6. The fraction of sp³-hybridized carbons (Fsp3) is 0.250. The second kappa shape index (κ2) is 6.08. The van der Waals surface area contributed by atoms with Crippen LogP contribution in [0.2, 0.25) is 0 Å². The Morgan fingerprint density at radius 3 is 2.87 bits per heavy atom. The van der Waals surface area contributed by atoms with Crippen molar-refractivity contribution in [3.63, 3.8) is 0 Å². The van der Waals surface area contributed by atoms with Gasteiger partial charge in [0.25, 0.3) is 0 Å². The van der Waals surface area contributed by atoms with Gasteiger partial charge in [0, 0.05) is 23.2 Å². The molecule has 0 aliphatic carbocycles. The van der Waals surface area contributed by atoms with Crippen LogP contribution in [0.4, 0.5) is 21.6 Å². The first-order valence-electron chi connectivity index (χ1n) is 7.24. The van der Waals surface area contributed by atoms with E-state index in [1.54, 1.807) is 30.5 Å². The van der Waals surface area contributed by atoms with Crippen LogP contribution in [0.5, 0.6) is 0 Å². The molecule has 0 spiro atoms. The minimum Gasteiger partial charge on any atom is -0.396 e. The number of nitrogens with one attached hydrogen (secondary N) is 1. The first-order chi connectivity index (χ1) is 11.0. The number of nitrogens with zero attached hydrogens (tertiary/aromatic N) is 2. The highest BCUT2D eigenvalue weighted by atomic mass is 32.2. The molecule has 2 aromatic rings. The predicted molar refractivity (Wildman–Crippen MR) is 94.4 cm³/mol. The van der Waals surface area contributed by atoms with Crippen molar-refractivity contribution in [1.29, 1.82) is 0 Å². The number of nitrogen functional groups attached to an aromatic ring is 1. The minimum absolute atomic E-state index is 0.296. The number of amidine groups is 1. The Morgan fingerprint density at radius 1 is 1.30 bits per heavy atom. The van der Waals surface area contributed by atoms with Crippen LogP contribution in [0, 0.1) is 5.82 Å². The van der Waals surface area contributed by atoms with Gasteiger partial charge in [0.05, 0.1) is 11.2 Å². The smallest absolute Gasteiger partial charge is 0.154 e. The zero-order valence-electron chi connectivity index (χ0n) is 12.7. The van der Waals surface area contributed by atoms with Crippen LogP contribution < -0.4 is 16.8 Å². The lowest BCUT2D eigenvalue weighted by atomic mass is 9.89. The van der Waals surface area contributed by atoms with Gasteiger partial charge in [-0.2, -0.15) is 0 Å². The summed E-state index contributed by atoms with van der Waals surface area (Å²) in [6.07, 6.45) is 2.37. The van der Waals surface area contributed by atoms with Gasteiger partial charge in [0.15, 0.2) is 11.0 Å². The molecule has 0 unspecified atom stereocenters. The third-order valence-corrected chi connectivity index (χ3v) is 4.64. The summed E-state index contributed by atoms with van der Waals surface area (Å²) in [5, 5.41) is 3.61. The molecule has 23 heavy (non-hydrogen) atoms. The molecule has 1 aromatic carbocycles. The van der Waals surface area contributed by atoms with Crippen LogP contribution in [0.25, 0.3) is 0 Å². The lowest BCUT2D eigenvalue weighted by molar-refractivity contribution is 0.450. The van der Waals surface area contributed by atoms with Crippen LogP contribution in [0.1, 0.15) is 18.9 Å². The molecular formula is C16H18FN5S. The van der Waals surface area contributed by atoms with Gasteiger partial charge in [-0.25, -0.2) is 9.37 Å². The lowest BCUT2D eigenvalue weighted by Crippen LogP contribution is -2.29. The zero-order chi connectivity index (χ0) is 16.4. The Bertz CT molecular complexity index is 764. The average Bonchev–Trinajstić information content (AvgIpc) is 2.51. The van der Waals surface area contributed by atoms with Crippen LogP contribution in [-0.2, 0) is 5.54 Å². The molecule has 5 N–H and O–H groups in total. The standard InChI is InChI=1S/C16H18FN5S/c1-16(6-8-23-15(19)22-16)11-9-10(4-5-12(11)17)21-14-13(18)3-2-7-20-14/h2-5,7,9H,6,8,18H2,1H3,(H2,19,22)(H,20,21)/t16-/m0/s1. The largest absolute Gasteiger partial charge is 0.396 e. The van der Waals surface area contributed by atoms with Crippen molar-refractivity contribution in [3.05, 3.63) is 47.9 Å². The molecule has 1 aliphatic rings. The van der Waals surface area contributed by atoms with Gasteiger partial charge in [-0.15, -0.1) is 0 Å². The van der Waals surface area contributed by atoms with Crippen molar-refractivity contribution in [2.45, 2.75) is 18.9 Å². The van der Waals surface area contributed by atoms with Gasteiger partial charge in [-0.05, 0) is 43.7 Å². The highest BCUT2D eigenvalue weighted by Gasteiger charge is 2.32. The van der Waals surface area contributed by atoms with Crippen molar-refractivity contribution < 1.29 is 4.39 Å². The number of anilines is 3. The normalized spacial score (nSPS) is 20.9. The summed E-state index contributed by atoms with van der Waals surface area (Å²) < 4.78 is 14.4. The molecule has 2 heterocycles. The van der Waals surface area contributed by atoms with E-state index in [1.807, 2.05) is 6.92 Å². The average molecular weight is 331 g/mol. The summed E-state index contributed by atoms with van der Waals surface area (Å²) in [4.78, 5) is 8.65. The van der Waals surface area contributed by atoms with Gasteiger partial charge >= 0.3 is 0 Å². The number of aromatic nitrogens is 1. The zero-order valence-corrected chi connectivity index (χ0v) is 13.5. The van der Waals surface area contributed by atoms with Crippen LogP contribution in [0.3, 0.4) is 0 Å². The summed E-state index contributed by atoms with van der Waals surface area (Å²) in [5.41, 5.74) is 12.8.